The monoisotopic (exact) mass is 448 g/mol. The van der Waals surface area contributed by atoms with Crippen LogP contribution >= 0.6 is 0 Å². The summed E-state index contributed by atoms with van der Waals surface area (Å²) in [5.41, 5.74) is 4.64. The molecule has 33 heavy (non-hydrogen) atoms. The summed E-state index contributed by atoms with van der Waals surface area (Å²) in [6.07, 6.45) is 4.45. The standard InChI is InChI=1S/C26H28N2O5/c29-24(28-15-18(14-25(30)31)17-11-12-17)10-5-13-27-26(32)33-16-23-21-8-3-1-6-19(21)20-7-2-4-9-22(20)23/h1-10,17-18,23H,11-16H2,(H,27,32)(H,28,29)(H,30,31)/b10-5+. The van der Waals surface area contributed by atoms with E-state index in [1.807, 2.05) is 24.3 Å². The van der Waals surface area contributed by atoms with Crippen molar-refractivity contribution in [2.24, 2.45) is 11.8 Å². The fraction of sp³-hybridized carbons (Fsp3) is 0.346. The molecular weight excluding hydrogens is 420 g/mol. The molecule has 0 spiro atoms. The average molecular weight is 449 g/mol. The molecule has 2 aromatic carbocycles. The normalized spacial score (nSPS) is 15.5. The van der Waals surface area contributed by atoms with Crippen LogP contribution in [0.2, 0.25) is 0 Å². The minimum absolute atomic E-state index is 0.00492. The van der Waals surface area contributed by atoms with E-state index in [9.17, 15) is 14.4 Å². The summed E-state index contributed by atoms with van der Waals surface area (Å²) in [7, 11) is 0. The number of carboxylic acid groups (broad SMARTS) is 1. The van der Waals surface area contributed by atoms with Crippen LogP contribution in [0.1, 0.15) is 36.3 Å². The second-order valence-electron chi connectivity index (χ2n) is 8.55. The maximum absolute atomic E-state index is 12.1. The van der Waals surface area contributed by atoms with Crippen molar-refractivity contribution in [2.75, 3.05) is 19.7 Å². The molecule has 2 amide bonds. The highest BCUT2D eigenvalue weighted by Crippen LogP contribution is 2.44. The molecule has 0 radical (unpaired) electrons. The van der Waals surface area contributed by atoms with Gasteiger partial charge in [0, 0.05) is 25.1 Å². The van der Waals surface area contributed by atoms with Crippen molar-refractivity contribution in [1.29, 1.82) is 0 Å². The van der Waals surface area contributed by atoms with Gasteiger partial charge in [0.25, 0.3) is 0 Å². The van der Waals surface area contributed by atoms with E-state index in [0.29, 0.717) is 12.5 Å². The lowest BCUT2D eigenvalue weighted by Gasteiger charge is -2.14. The second-order valence-corrected chi connectivity index (χ2v) is 8.55. The summed E-state index contributed by atoms with van der Waals surface area (Å²) in [5.74, 6) is -0.793. The van der Waals surface area contributed by atoms with Crippen LogP contribution in [0.15, 0.2) is 60.7 Å². The molecule has 1 saturated carbocycles. The molecule has 1 unspecified atom stereocenters. The van der Waals surface area contributed by atoms with E-state index in [-0.39, 0.29) is 37.3 Å². The molecule has 1 fully saturated rings. The average Bonchev–Trinajstić information content (AvgIpc) is 3.61. The van der Waals surface area contributed by atoms with Crippen molar-refractivity contribution in [2.45, 2.75) is 25.2 Å². The van der Waals surface area contributed by atoms with Crippen LogP contribution in [0.3, 0.4) is 0 Å². The van der Waals surface area contributed by atoms with Crippen LogP contribution in [-0.4, -0.2) is 42.8 Å². The van der Waals surface area contributed by atoms with E-state index in [2.05, 4.69) is 34.9 Å². The Hall–Kier alpha value is -3.61. The predicted octanol–water partition coefficient (Wildman–Crippen LogP) is 3.70. The highest BCUT2D eigenvalue weighted by molar-refractivity contribution is 5.87. The van der Waals surface area contributed by atoms with E-state index in [4.69, 9.17) is 9.84 Å². The van der Waals surface area contributed by atoms with Gasteiger partial charge in [-0.2, -0.15) is 0 Å². The van der Waals surface area contributed by atoms with Crippen LogP contribution < -0.4 is 10.6 Å². The lowest BCUT2D eigenvalue weighted by molar-refractivity contribution is -0.138. The molecule has 0 bridgehead atoms. The first-order valence-corrected chi connectivity index (χ1v) is 11.3. The smallest absolute Gasteiger partial charge is 0.407 e. The third kappa shape index (κ3) is 5.80. The van der Waals surface area contributed by atoms with Crippen molar-refractivity contribution in [3.63, 3.8) is 0 Å². The minimum atomic E-state index is -0.844. The number of ether oxygens (including phenoxy) is 1. The number of alkyl carbamates (subject to hydrolysis) is 1. The number of carbonyl (C=O) groups excluding carboxylic acids is 2. The van der Waals surface area contributed by atoms with Gasteiger partial charge in [0.2, 0.25) is 5.91 Å². The number of hydrogen-bond donors (Lipinski definition) is 3. The van der Waals surface area contributed by atoms with Gasteiger partial charge in [0.05, 0.1) is 6.42 Å². The molecule has 0 aliphatic heterocycles. The molecule has 0 saturated heterocycles. The number of aliphatic carboxylic acids is 1. The van der Waals surface area contributed by atoms with Crippen molar-refractivity contribution in [3.8, 4) is 11.1 Å². The molecular formula is C26H28N2O5. The van der Waals surface area contributed by atoms with Crippen LogP contribution in [0.5, 0.6) is 0 Å². The summed E-state index contributed by atoms with van der Waals surface area (Å²) in [4.78, 5) is 35.1. The van der Waals surface area contributed by atoms with Gasteiger partial charge in [-0.05, 0) is 46.9 Å². The van der Waals surface area contributed by atoms with E-state index < -0.39 is 12.1 Å². The van der Waals surface area contributed by atoms with Crippen LogP contribution in [-0.2, 0) is 14.3 Å². The summed E-state index contributed by atoms with van der Waals surface area (Å²) < 4.78 is 5.46. The number of nitrogens with one attached hydrogen (secondary N) is 2. The lowest BCUT2D eigenvalue weighted by Crippen LogP contribution is -2.30. The van der Waals surface area contributed by atoms with Crippen molar-refractivity contribution in [1.82, 2.24) is 10.6 Å². The highest BCUT2D eigenvalue weighted by atomic mass is 16.5. The van der Waals surface area contributed by atoms with E-state index >= 15 is 0 Å². The van der Waals surface area contributed by atoms with Crippen molar-refractivity contribution >= 4 is 18.0 Å². The number of carboxylic acids is 1. The largest absolute Gasteiger partial charge is 0.481 e. The fourth-order valence-corrected chi connectivity index (χ4v) is 4.45. The Kier molecular flexibility index (Phi) is 7.07. The summed E-state index contributed by atoms with van der Waals surface area (Å²) in [6.45, 7) is 0.738. The lowest BCUT2D eigenvalue weighted by atomic mass is 9.98. The van der Waals surface area contributed by atoms with E-state index in [1.54, 1.807) is 6.08 Å². The number of carbonyl (C=O) groups is 3. The zero-order valence-corrected chi connectivity index (χ0v) is 18.3. The third-order valence-electron chi connectivity index (χ3n) is 6.24. The van der Waals surface area contributed by atoms with Gasteiger partial charge >= 0.3 is 12.1 Å². The molecule has 2 aliphatic rings. The summed E-state index contributed by atoms with van der Waals surface area (Å²) in [5, 5.41) is 14.4. The first-order chi connectivity index (χ1) is 16.0. The minimum Gasteiger partial charge on any atom is -0.481 e. The summed E-state index contributed by atoms with van der Waals surface area (Å²) >= 11 is 0. The third-order valence-corrected chi connectivity index (χ3v) is 6.24. The zero-order valence-electron chi connectivity index (χ0n) is 18.3. The van der Waals surface area contributed by atoms with Gasteiger partial charge < -0.3 is 20.5 Å². The summed E-state index contributed by atoms with van der Waals surface area (Å²) in [6, 6.07) is 16.3. The Morgan fingerprint density at radius 1 is 1.00 bits per heavy atom. The van der Waals surface area contributed by atoms with Crippen molar-refractivity contribution < 1.29 is 24.2 Å². The molecule has 0 heterocycles. The van der Waals surface area contributed by atoms with Crippen LogP contribution in [0.4, 0.5) is 4.79 Å². The topological polar surface area (TPSA) is 105 Å². The van der Waals surface area contributed by atoms with Gasteiger partial charge in [-0.3, -0.25) is 9.59 Å². The Morgan fingerprint density at radius 2 is 1.64 bits per heavy atom. The zero-order chi connectivity index (χ0) is 23.2. The predicted molar refractivity (Wildman–Crippen MR) is 124 cm³/mol. The van der Waals surface area contributed by atoms with Gasteiger partial charge in [0.1, 0.15) is 6.61 Å². The van der Waals surface area contributed by atoms with Gasteiger partial charge in [-0.25, -0.2) is 4.79 Å². The highest BCUT2D eigenvalue weighted by Gasteiger charge is 2.32. The molecule has 2 aliphatic carbocycles. The Bertz CT molecular complexity index is 1010. The molecule has 7 nitrogen and oxygen atoms in total. The number of hydrogen-bond acceptors (Lipinski definition) is 4. The molecule has 2 aromatic rings. The molecule has 7 heteroatoms. The van der Waals surface area contributed by atoms with Crippen LogP contribution in [0.25, 0.3) is 11.1 Å². The van der Waals surface area contributed by atoms with Gasteiger partial charge in [0.15, 0.2) is 0 Å². The van der Waals surface area contributed by atoms with Gasteiger partial charge in [-0.15, -0.1) is 0 Å². The molecule has 172 valence electrons. The Balaban J connectivity index is 1.20. The van der Waals surface area contributed by atoms with Gasteiger partial charge in [-0.1, -0.05) is 54.6 Å². The number of fused-ring (bicyclic) bond motifs is 3. The Labute approximate surface area is 192 Å². The maximum atomic E-state index is 12.1. The first kappa shape index (κ1) is 22.6. The SMILES string of the molecule is O=C(O)CC(CNC(=O)/C=C/CNC(=O)OCC1c2ccccc2-c2ccccc21)C1CC1. The van der Waals surface area contributed by atoms with E-state index in [0.717, 1.165) is 24.0 Å². The van der Waals surface area contributed by atoms with Crippen LogP contribution in [0, 0.1) is 11.8 Å². The number of rotatable bonds is 10. The quantitative estimate of drug-likeness (QED) is 0.481. The van der Waals surface area contributed by atoms with E-state index in [1.165, 1.54) is 17.2 Å². The second kappa shape index (κ2) is 10.3. The molecule has 4 rings (SSSR count). The molecule has 0 aromatic heterocycles. The molecule has 1 atom stereocenters. The molecule has 3 N–H and O–H groups in total. The Morgan fingerprint density at radius 3 is 2.24 bits per heavy atom. The van der Waals surface area contributed by atoms with Crippen molar-refractivity contribution in [3.05, 3.63) is 71.8 Å². The fourth-order valence-electron chi connectivity index (χ4n) is 4.45. The number of amides is 2. The maximum Gasteiger partial charge on any atom is 0.407 e. The first-order valence-electron chi connectivity index (χ1n) is 11.3. The number of benzene rings is 2.